The van der Waals surface area contributed by atoms with E-state index in [4.69, 9.17) is 14.9 Å². The summed E-state index contributed by atoms with van der Waals surface area (Å²) in [5.41, 5.74) is -0.899. The number of phenolic OH excluding ortho intramolecular Hbond substituents is 1. The average molecular weight is 611 g/mol. The number of imidazole rings is 1. The zero-order valence-electron chi connectivity index (χ0n) is 22.9. The van der Waals surface area contributed by atoms with Crippen LogP contribution < -0.4 is 21.1 Å². The highest BCUT2D eigenvalue weighted by atomic mass is 19.4. The smallest absolute Gasteiger partial charge is 0.416 e. The van der Waals surface area contributed by atoms with E-state index in [1.165, 1.54) is 22.8 Å². The maximum atomic E-state index is 13.0. The number of nitrogens with one attached hydrogen (secondary N) is 3. The Kier molecular flexibility index (Phi) is 9.88. The Morgan fingerprint density at radius 1 is 1.12 bits per heavy atom. The number of carbonyl (C=O) groups excluding carboxylic acids is 1. The second-order valence-electron chi connectivity index (χ2n) is 10.1. The number of hydrogen-bond acceptors (Lipinski definition) is 8. The van der Waals surface area contributed by atoms with Gasteiger partial charge in [0.25, 0.3) is 5.91 Å². The predicted octanol–water partition coefficient (Wildman–Crippen LogP) is 2.59. The number of benzene rings is 2. The van der Waals surface area contributed by atoms with Gasteiger partial charge in [0.05, 0.1) is 28.4 Å². The Balaban J connectivity index is 0.000000557. The van der Waals surface area contributed by atoms with Gasteiger partial charge in [0.2, 0.25) is 0 Å². The quantitative estimate of drug-likeness (QED) is 0.177. The number of anilines is 1. The fourth-order valence-electron chi connectivity index (χ4n) is 4.13. The van der Waals surface area contributed by atoms with Gasteiger partial charge in [0, 0.05) is 42.4 Å². The average Bonchev–Trinajstić information content (AvgIpc) is 3.22. The number of rotatable bonds is 9. The van der Waals surface area contributed by atoms with Crippen molar-refractivity contribution >= 4 is 34.6 Å². The summed E-state index contributed by atoms with van der Waals surface area (Å²) in [7, 11) is 0. The first-order valence-electron chi connectivity index (χ1n) is 12.6. The van der Waals surface area contributed by atoms with Crippen molar-refractivity contribution < 1.29 is 52.7 Å². The summed E-state index contributed by atoms with van der Waals surface area (Å²) in [6.45, 7) is 3.79. The van der Waals surface area contributed by atoms with E-state index >= 15 is 0 Å². The molecule has 0 fully saturated rings. The third-order valence-corrected chi connectivity index (χ3v) is 6.29. The van der Waals surface area contributed by atoms with Gasteiger partial charge in [0.1, 0.15) is 11.5 Å². The molecular formula is C27H29F3N4O9. The first-order valence-corrected chi connectivity index (χ1v) is 12.6. The van der Waals surface area contributed by atoms with Crippen molar-refractivity contribution in [1.29, 1.82) is 0 Å². The summed E-state index contributed by atoms with van der Waals surface area (Å²) in [6, 6.07) is 5.80. The highest BCUT2D eigenvalue weighted by Crippen LogP contribution is 2.39. The number of alkyl halides is 3. The molecule has 0 saturated carbocycles. The molecule has 4 rings (SSSR count). The van der Waals surface area contributed by atoms with Crippen LogP contribution in [0.15, 0.2) is 47.3 Å². The molecule has 7 N–H and O–H groups in total. The van der Waals surface area contributed by atoms with Gasteiger partial charge in [-0.25, -0.2) is 14.4 Å². The molecule has 0 bridgehead atoms. The summed E-state index contributed by atoms with van der Waals surface area (Å²) in [4.78, 5) is 45.5. The molecule has 3 aromatic rings. The number of phenols is 1. The van der Waals surface area contributed by atoms with E-state index in [0.717, 1.165) is 12.1 Å². The van der Waals surface area contributed by atoms with Crippen molar-refractivity contribution in [2.75, 3.05) is 18.5 Å². The number of aromatic hydroxyl groups is 1. The lowest BCUT2D eigenvalue weighted by molar-refractivity contribution is -0.137. The number of aliphatic carboxylic acids is 2. The van der Waals surface area contributed by atoms with Gasteiger partial charge in [0.15, 0.2) is 6.61 Å². The molecule has 0 unspecified atom stereocenters. The maximum absolute atomic E-state index is 13.0. The minimum absolute atomic E-state index is 0.0674. The highest BCUT2D eigenvalue weighted by Gasteiger charge is 2.31. The molecule has 0 radical (unpaired) electrons. The van der Waals surface area contributed by atoms with E-state index in [1.807, 2.05) is 13.8 Å². The number of nitrogens with zero attached hydrogens (tertiary/aromatic N) is 1. The molecule has 16 heteroatoms. The number of aliphatic hydroxyl groups excluding tert-OH is 1. The second-order valence-corrected chi connectivity index (χ2v) is 10.1. The molecule has 232 valence electrons. The van der Waals surface area contributed by atoms with Gasteiger partial charge in [-0.1, -0.05) is 0 Å². The maximum Gasteiger partial charge on any atom is 0.416 e. The molecule has 2 aromatic carbocycles. The van der Waals surface area contributed by atoms with Crippen molar-refractivity contribution in [3.63, 3.8) is 0 Å². The molecular weight excluding hydrogens is 581 g/mol. The zero-order valence-corrected chi connectivity index (χ0v) is 22.9. The summed E-state index contributed by atoms with van der Waals surface area (Å²) in [5, 5.41) is 42.1. The third kappa shape index (κ3) is 8.83. The Morgan fingerprint density at radius 2 is 1.77 bits per heavy atom. The number of fused-ring (bicyclic) bond motifs is 2. The van der Waals surface area contributed by atoms with Crippen LogP contribution in [0.5, 0.6) is 11.5 Å². The molecule has 13 nitrogen and oxygen atoms in total. The van der Waals surface area contributed by atoms with Gasteiger partial charge >= 0.3 is 23.8 Å². The number of carboxylic acids is 2. The molecule has 0 spiro atoms. The molecule has 1 amide bonds. The summed E-state index contributed by atoms with van der Waals surface area (Å²) in [5.74, 6) is -2.75. The van der Waals surface area contributed by atoms with Crippen LogP contribution in [0.1, 0.15) is 37.5 Å². The lowest BCUT2D eigenvalue weighted by Crippen LogP contribution is -2.43. The number of carboxylic acid groups (broad SMARTS) is 2. The Bertz CT molecular complexity index is 1590. The van der Waals surface area contributed by atoms with Gasteiger partial charge in [-0.2, -0.15) is 13.2 Å². The summed E-state index contributed by atoms with van der Waals surface area (Å²) in [6.07, 6.45) is -4.06. The SMILES string of the molecule is CC(C)(CCn1c(=O)[nH]c2cc(C(F)(F)F)ccc21)NC[C@H](O)c1cc(O)cc2c1OCC(=O)N2.O=C(O)/C=C\C(=O)O. The molecule has 1 aromatic heterocycles. The predicted molar refractivity (Wildman–Crippen MR) is 146 cm³/mol. The molecule has 1 aliphatic rings. The molecule has 0 saturated heterocycles. The fourth-order valence-corrected chi connectivity index (χ4v) is 4.13. The van der Waals surface area contributed by atoms with Gasteiger partial charge < -0.3 is 40.8 Å². The van der Waals surface area contributed by atoms with E-state index in [1.54, 1.807) is 0 Å². The van der Waals surface area contributed by atoms with Crippen LogP contribution in [0.2, 0.25) is 0 Å². The van der Waals surface area contributed by atoms with Crippen molar-refractivity contribution in [1.82, 2.24) is 14.9 Å². The Hall–Kier alpha value is -4.83. The number of H-pyrrole nitrogens is 1. The van der Waals surface area contributed by atoms with E-state index in [9.17, 15) is 42.6 Å². The standard InChI is InChI=1S/C23H25F3N4O5.C4H4O4/c1-22(2,5-6-30-17-4-3-12(23(24,25)26)7-15(17)29-21(30)34)27-10-18(32)14-8-13(31)9-16-20(14)35-11-19(33)28-16;5-3(6)1-2-4(7)8/h3-4,7-9,18,27,31-32H,5-6,10-11H2,1-2H3,(H,28,33)(H,29,34);1-2H,(H,5,6)(H,7,8)/b;2-1-/t18-;/m0./s1. The van der Waals surface area contributed by atoms with Crippen LogP contribution in [-0.4, -0.2) is 66.5 Å². The fraction of sp³-hybridized carbons (Fsp3) is 0.333. The van der Waals surface area contributed by atoms with Gasteiger partial charge in [-0.05, 0) is 44.5 Å². The molecule has 2 heterocycles. The van der Waals surface area contributed by atoms with Crippen LogP contribution in [0, 0.1) is 0 Å². The molecule has 1 aliphatic heterocycles. The van der Waals surface area contributed by atoms with Gasteiger partial charge in [-0.3, -0.25) is 9.36 Å². The summed E-state index contributed by atoms with van der Waals surface area (Å²) >= 11 is 0. The van der Waals surface area contributed by atoms with Crippen molar-refractivity contribution in [3.8, 4) is 11.5 Å². The molecule has 0 aliphatic carbocycles. The highest BCUT2D eigenvalue weighted by molar-refractivity contribution is 5.96. The number of ether oxygens (including phenoxy) is 1. The Labute approximate surface area is 241 Å². The third-order valence-electron chi connectivity index (χ3n) is 6.29. The number of hydrogen-bond donors (Lipinski definition) is 7. The number of aromatic nitrogens is 2. The van der Waals surface area contributed by atoms with Crippen LogP contribution >= 0.6 is 0 Å². The number of carbonyl (C=O) groups is 3. The Morgan fingerprint density at radius 3 is 2.37 bits per heavy atom. The topological polar surface area (TPSA) is 203 Å². The largest absolute Gasteiger partial charge is 0.508 e. The number of halogens is 3. The van der Waals surface area contributed by atoms with E-state index < -0.39 is 41.0 Å². The van der Waals surface area contributed by atoms with Gasteiger partial charge in [-0.15, -0.1) is 0 Å². The monoisotopic (exact) mass is 610 g/mol. The first-order chi connectivity index (χ1) is 20.0. The normalized spacial score (nSPS) is 14.0. The zero-order chi connectivity index (χ0) is 32.1. The number of β-amino-alcohol motifs (C(OH)–C–C–N with tert-alkyl or cyclic N) is 1. The van der Waals surface area contributed by atoms with Crippen LogP contribution in [0.4, 0.5) is 18.9 Å². The first kappa shape index (κ1) is 32.7. The number of aromatic amines is 1. The lowest BCUT2D eigenvalue weighted by Gasteiger charge is -2.29. The van der Waals surface area contributed by atoms with Crippen molar-refractivity contribution in [2.45, 2.75) is 44.6 Å². The molecule has 43 heavy (non-hydrogen) atoms. The van der Waals surface area contributed by atoms with Crippen molar-refractivity contribution in [2.24, 2.45) is 0 Å². The lowest BCUT2D eigenvalue weighted by atomic mass is 9.99. The number of amides is 1. The van der Waals surface area contributed by atoms with E-state index in [0.29, 0.717) is 29.7 Å². The van der Waals surface area contributed by atoms with Crippen LogP contribution in [0.3, 0.4) is 0 Å². The molecule has 1 atom stereocenters. The van der Waals surface area contributed by atoms with E-state index in [2.05, 4.69) is 15.6 Å². The minimum atomic E-state index is -4.51. The van der Waals surface area contributed by atoms with E-state index in [-0.39, 0.29) is 48.3 Å². The van der Waals surface area contributed by atoms with Crippen molar-refractivity contribution in [3.05, 3.63) is 64.1 Å². The number of aryl methyl sites for hydroxylation is 1. The second kappa shape index (κ2) is 13.0. The number of aliphatic hydroxyl groups is 1. The van der Waals surface area contributed by atoms with Crippen LogP contribution in [-0.2, 0) is 27.1 Å². The summed E-state index contributed by atoms with van der Waals surface area (Å²) < 4.78 is 45.7. The minimum Gasteiger partial charge on any atom is -0.508 e. The van der Waals surface area contributed by atoms with Crippen LogP contribution in [0.25, 0.3) is 11.0 Å².